The van der Waals surface area contributed by atoms with E-state index >= 15 is 0 Å². The van der Waals surface area contributed by atoms with Crippen LogP contribution >= 0.6 is 11.6 Å². The molecule has 1 nitrogen and oxygen atoms in total. The van der Waals surface area contributed by atoms with Crippen LogP contribution in [0, 0.1) is 6.92 Å². The van der Waals surface area contributed by atoms with E-state index in [2.05, 4.69) is 45.0 Å². The molecule has 0 amide bonds. The van der Waals surface area contributed by atoms with Gasteiger partial charge in [-0.1, -0.05) is 29.8 Å². The molecule has 0 radical (unpaired) electrons. The molecule has 2 atom stereocenters. The van der Waals surface area contributed by atoms with Gasteiger partial charge in [0.15, 0.2) is 0 Å². The predicted octanol–water partition coefficient (Wildman–Crippen LogP) is 4.67. The van der Waals surface area contributed by atoms with Gasteiger partial charge >= 0.3 is 0 Å². The minimum Gasteiger partial charge on any atom is -0.372 e. The van der Waals surface area contributed by atoms with Crippen molar-refractivity contribution < 1.29 is 4.74 Å². The minimum atomic E-state index is 0.0497. The van der Waals surface area contributed by atoms with Crippen LogP contribution in [0.25, 0.3) is 0 Å². The van der Waals surface area contributed by atoms with Crippen LogP contribution in [0.2, 0.25) is 0 Å². The van der Waals surface area contributed by atoms with Crippen molar-refractivity contribution in [2.24, 2.45) is 0 Å². The van der Waals surface area contributed by atoms with Gasteiger partial charge in [-0.3, -0.25) is 0 Å². The average Bonchev–Trinajstić information content (AvgIpc) is 2.65. The largest absolute Gasteiger partial charge is 0.372 e. The summed E-state index contributed by atoms with van der Waals surface area (Å²) in [5.41, 5.74) is 2.70. The van der Waals surface area contributed by atoms with E-state index in [4.69, 9.17) is 16.3 Å². The Morgan fingerprint density at radius 2 is 2.22 bits per heavy atom. The lowest BCUT2D eigenvalue weighted by Gasteiger charge is -2.22. The van der Waals surface area contributed by atoms with Gasteiger partial charge in [0.25, 0.3) is 0 Å². The maximum atomic E-state index is 6.15. The van der Waals surface area contributed by atoms with Gasteiger partial charge in [-0.15, -0.1) is 11.6 Å². The molecule has 0 aromatic heterocycles. The minimum absolute atomic E-state index is 0.0497. The Hall–Kier alpha value is -0.530. The Labute approximate surface area is 115 Å². The van der Waals surface area contributed by atoms with Gasteiger partial charge in [-0.25, -0.2) is 0 Å². The lowest BCUT2D eigenvalue weighted by Crippen LogP contribution is -2.21. The maximum Gasteiger partial charge on any atom is 0.0631 e. The van der Waals surface area contributed by atoms with E-state index < -0.39 is 0 Å². The quantitative estimate of drug-likeness (QED) is 0.720. The Bertz CT molecular complexity index is 400. The number of ether oxygens (including phenoxy) is 1. The lowest BCUT2D eigenvalue weighted by molar-refractivity contribution is -0.0202. The summed E-state index contributed by atoms with van der Waals surface area (Å²) in [5.74, 6) is 1.08. The predicted molar refractivity (Wildman–Crippen MR) is 77.4 cm³/mol. The molecule has 0 saturated carbocycles. The van der Waals surface area contributed by atoms with E-state index in [0.717, 1.165) is 19.3 Å². The molecule has 2 rings (SSSR count). The third-order valence-electron chi connectivity index (χ3n) is 3.80. The fourth-order valence-corrected chi connectivity index (χ4v) is 3.08. The zero-order chi connectivity index (χ0) is 13.2. The number of aryl methyl sites for hydroxylation is 1. The van der Waals surface area contributed by atoms with E-state index in [0.29, 0.717) is 17.9 Å². The second-order valence-electron chi connectivity index (χ2n) is 6.04. The lowest BCUT2D eigenvalue weighted by atomic mass is 9.92. The van der Waals surface area contributed by atoms with Crippen LogP contribution in [0.5, 0.6) is 0 Å². The van der Waals surface area contributed by atoms with E-state index in [1.807, 2.05) is 0 Å². The van der Waals surface area contributed by atoms with Gasteiger partial charge in [0.05, 0.1) is 11.7 Å². The highest BCUT2D eigenvalue weighted by Crippen LogP contribution is 2.35. The molecule has 0 N–H and O–H groups in total. The SMILES string of the molecule is Cc1cccc(C(CCl)CC2CCC(C)(C)O2)c1. The van der Waals surface area contributed by atoms with Crippen LogP contribution in [0.1, 0.15) is 50.2 Å². The molecule has 1 aliphatic rings. The van der Waals surface area contributed by atoms with Crippen LogP contribution in [-0.2, 0) is 4.74 Å². The van der Waals surface area contributed by atoms with E-state index in [1.54, 1.807) is 0 Å². The van der Waals surface area contributed by atoms with Crippen molar-refractivity contribution in [3.63, 3.8) is 0 Å². The highest BCUT2D eigenvalue weighted by Gasteiger charge is 2.33. The Morgan fingerprint density at radius 3 is 2.78 bits per heavy atom. The maximum absolute atomic E-state index is 6.15. The Balaban J connectivity index is 2.02. The first-order valence-corrected chi connectivity index (χ1v) is 7.34. The van der Waals surface area contributed by atoms with E-state index in [9.17, 15) is 0 Å². The van der Waals surface area contributed by atoms with Crippen molar-refractivity contribution in [2.45, 2.75) is 57.7 Å². The summed E-state index contributed by atoms with van der Waals surface area (Å²) in [7, 11) is 0. The average molecular weight is 267 g/mol. The van der Waals surface area contributed by atoms with Gasteiger partial charge in [0, 0.05) is 5.88 Å². The van der Waals surface area contributed by atoms with Crippen molar-refractivity contribution in [1.29, 1.82) is 0 Å². The number of hydrogen-bond acceptors (Lipinski definition) is 1. The summed E-state index contributed by atoms with van der Waals surface area (Å²) >= 11 is 6.15. The first kappa shape index (κ1) is 13.9. The summed E-state index contributed by atoms with van der Waals surface area (Å²) < 4.78 is 6.07. The normalized spacial score (nSPS) is 24.1. The van der Waals surface area contributed by atoms with Crippen molar-refractivity contribution in [3.8, 4) is 0 Å². The van der Waals surface area contributed by atoms with Crippen LogP contribution in [-0.4, -0.2) is 17.6 Å². The van der Waals surface area contributed by atoms with Crippen molar-refractivity contribution in [2.75, 3.05) is 5.88 Å². The van der Waals surface area contributed by atoms with Gasteiger partial charge in [0.1, 0.15) is 0 Å². The molecular weight excluding hydrogens is 244 g/mol. The smallest absolute Gasteiger partial charge is 0.0631 e. The van der Waals surface area contributed by atoms with Crippen LogP contribution < -0.4 is 0 Å². The van der Waals surface area contributed by atoms with Crippen molar-refractivity contribution in [1.82, 2.24) is 0 Å². The second-order valence-corrected chi connectivity index (χ2v) is 6.35. The molecule has 1 aromatic carbocycles. The summed E-state index contributed by atoms with van der Waals surface area (Å²) in [5, 5.41) is 0. The van der Waals surface area contributed by atoms with Crippen LogP contribution in [0.3, 0.4) is 0 Å². The fourth-order valence-electron chi connectivity index (χ4n) is 2.77. The van der Waals surface area contributed by atoms with Crippen LogP contribution in [0.4, 0.5) is 0 Å². The van der Waals surface area contributed by atoms with E-state index in [1.165, 1.54) is 11.1 Å². The molecule has 2 heteroatoms. The van der Waals surface area contributed by atoms with Gasteiger partial charge in [-0.2, -0.15) is 0 Å². The molecule has 18 heavy (non-hydrogen) atoms. The second kappa shape index (κ2) is 5.63. The molecule has 2 unspecified atom stereocenters. The highest BCUT2D eigenvalue weighted by atomic mass is 35.5. The number of benzene rings is 1. The number of halogens is 1. The van der Waals surface area contributed by atoms with Gasteiger partial charge in [0.2, 0.25) is 0 Å². The number of hydrogen-bond donors (Lipinski definition) is 0. The van der Waals surface area contributed by atoms with E-state index in [-0.39, 0.29) is 5.60 Å². The molecule has 1 saturated heterocycles. The van der Waals surface area contributed by atoms with Gasteiger partial charge < -0.3 is 4.74 Å². The van der Waals surface area contributed by atoms with Crippen molar-refractivity contribution >= 4 is 11.6 Å². The monoisotopic (exact) mass is 266 g/mol. The summed E-state index contributed by atoms with van der Waals surface area (Å²) in [6.45, 7) is 6.48. The van der Waals surface area contributed by atoms with Gasteiger partial charge in [-0.05, 0) is 51.5 Å². The van der Waals surface area contributed by atoms with Crippen molar-refractivity contribution in [3.05, 3.63) is 35.4 Å². The molecule has 1 heterocycles. The molecular formula is C16H23ClO. The molecule has 1 aliphatic heterocycles. The molecule has 0 aliphatic carbocycles. The summed E-state index contributed by atoms with van der Waals surface area (Å²) in [6, 6.07) is 8.67. The number of rotatable bonds is 4. The zero-order valence-electron chi connectivity index (χ0n) is 11.6. The Morgan fingerprint density at radius 1 is 1.44 bits per heavy atom. The third-order valence-corrected chi connectivity index (χ3v) is 4.17. The van der Waals surface area contributed by atoms with Crippen LogP contribution in [0.15, 0.2) is 24.3 Å². The zero-order valence-corrected chi connectivity index (χ0v) is 12.3. The standard InChI is InChI=1S/C16H23ClO/c1-12-5-4-6-13(9-12)14(11-17)10-15-7-8-16(2,3)18-15/h4-6,9,14-15H,7-8,10-11H2,1-3H3. The molecule has 0 spiro atoms. The molecule has 1 fully saturated rings. The summed E-state index contributed by atoms with van der Waals surface area (Å²) in [4.78, 5) is 0. The highest BCUT2D eigenvalue weighted by molar-refractivity contribution is 6.18. The third kappa shape index (κ3) is 3.49. The topological polar surface area (TPSA) is 9.23 Å². The number of alkyl halides is 1. The molecule has 100 valence electrons. The summed E-state index contributed by atoms with van der Waals surface area (Å²) in [6.07, 6.45) is 3.72. The first-order valence-electron chi connectivity index (χ1n) is 6.80. The molecule has 1 aromatic rings. The molecule has 0 bridgehead atoms. The fraction of sp³-hybridized carbons (Fsp3) is 0.625. The Kier molecular flexibility index (Phi) is 4.34. The first-order chi connectivity index (χ1) is 8.50.